The highest BCUT2D eigenvalue weighted by atomic mass is 32.2. The minimum absolute atomic E-state index is 0.587. The molecule has 1 atom stereocenters. The van der Waals surface area contributed by atoms with Gasteiger partial charge < -0.3 is 10.5 Å². The summed E-state index contributed by atoms with van der Waals surface area (Å²) in [6, 6.07) is 8.24. The van der Waals surface area contributed by atoms with Crippen molar-refractivity contribution in [3.63, 3.8) is 0 Å². The van der Waals surface area contributed by atoms with Crippen LogP contribution in [0.3, 0.4) is 0 Å². The monoisotopic (exact) mass is 239 g/mol. The van der Waals surface area contributed by atoms with Gasteiger partial charge in [0, 0.05) is 11.3 Å². The van der Waals surface area contributed by atoms with E-state index in [1.165, 1.54) is 5.56 Å². The van der Waals surface area contributed by atoms with Crippen molar-refractivity contribution in [3.8, 4) is 5.75 Å². The average molecular weight is 239 g/mol. The average Bonchev–Trinajstić information content (AvgIpc) is 2.31. The highest BCUT2D eigenvalue weighted by Gasteiger charge is 2.04. The van der Waals surface area contributed by atoms with Gasteiger partial charge in [-0.2, -0.15) is 11.8 Å². The fraction of sp³-hybridized carbons (Fsp3) is 0.538. The fourth-order valence-corrected chi connectivity index (χ4v) is 2.47. The summed E-state index contributed by atoms with van der Waals surface area (Å²) in [5.74, 6) is 3.71. The van der Waals surface area contributed by atoms with Crippen molar-refractivity contribution in [2.75, 3.05) is 18.9 Å². The van der Waals surface area contributed by atoms with E-state index in [2.05, 4.69) is 19.1 Å². The van der Waals surface area contributed by atoms with E-state index in [0.717, 1.165) is 30.4 Å². The molecule has 0 aliphatic heterocycles. The Balaban J connectivity index is 2.46. The van der Waals surface area contributed by atoms with Gasteiger partial charge in [0.05, 0.1) is 6.61 Å². The maximum Gasteiger partial charge on any atom is 0.123 e. The van der Waals surface area contributed by atoms with E-state index >= 15 is 0 Å². The van der Waals surface area contributed by atoms with Crippen molar-refractivity contribution >= 4 is 11.8 Å². The molecule has 2 N–H and O–H groups in total. The van der Waals surface area contributed by atoms with Crippen LogP contribution in [0.5, 0.6) is 5.75 Å². The maximum atomic E-state index is 5.59. The van der Waals surface area contributed by atoms with Crippen LogP contribution < -0.4 is 10.5 Å². The number of ether oxygens (including phenoxy) is 1. The second-order valence-corrected chi connectivity index (χ2v) is 4.93. The molecule has 0 fully saturated rings. The van der Waals surface area contributed by atoms with Crippen molar-refractivity contribution in [2.45, 2.75) is 19.6 Å². The molecule has 16 heavy (non-hydrogen) atoms. The van der Waals surface area contributed by atoms with Crippen LogP contribution in [0.4, 0.5) is 0 Å². The molecule has 0 heterocycles. The third-order valence-corrected chi connectivity index (χ3v) is 3.65. The normalized spacial score (nSPS) is 12.4. The number of benzene rings is 1. The van der Waals surface area contributed by atoms with E-state index < -0.39 is 0 Å². The molecule has 1 aromatic carbocycles. The molecule has 2 nitrogen and oxygen atoms in total. The van der Waals surface area contributed by atoms with Gasteiger partial charge in [-0.3, -0.25) is 0 Å². The lowest BCUT2D eigenvalue weighted by Crippen LogP contribution is -2.12. The molecule has 0 bridgehead atoms. The van der Waals surface area contributed by atoms with Gasteiger partial charge in [-0.15, -0.1) is 0 Å². The summed E-state index contributed by atoms with van der Waals surface area (Å²) in [5.41, 5.74) is 6.87. The fourth-order valence-electron chi connectivity index (χ4n) is 1.36. The number of thioether (sulfide) groups is 1. The van der Waals surface area contributed by atoms with Crippen LogP contribution in [-0.4, -0.2) is 18.9 Å². The molecule has 3 heteroatoms. The molecule has 1 unspecified atom stereocenters. The molecule has 0 aliphatic rings. The van der Waals surface area contributed by atoms with Crippen LogP contribution in [0, 0.1) is 5.92 Å². The number of nitrogens with two attached hydrogens (primary N) is 1. The predicted molar refractivity (Wildman–Crippen MR) is 72.0 cm³/mol. The lowest BCUT2D eigenvalue weighted by atomic mass is 10.2. The Morgan fingerprint density at radius 2 is 2.12 bits per heavy atom. The van der Waals surface area contributed by atoms with Gasteiger partial charge in [0.1, 0.15) is 5.75 Å². The molecule has 0 amide bonds. The van der Waals surface area contributed by atoms with Gasteiger partial charge in [0.25, 0.3) is 0 Å². The predicted octanol–water partition coefficient (Wildman–Crippen LogP) is 2.91. The van der Waals surface area contributed by atoms with E-state index in [1.807, 2.05) is 30.8 Å². The summed E-state index contributed by atoms with van der Waals surface area (Å²) in [5, 5.41) is 0. The molecule has 0 aliphatic carbocycles. The topological polar surface area (TPSA) is 35.2 Å². The minimum atomic E-state index is 0.587. The van der Waals surface area contributed by atoms with Crippen LogP contribution in [0.15, 0.2) is 24.3 Å². The zero-order valence-corrected chi connectivity index (χ0v) is 10.9. The largest absolute Gasteiger partial charge is 0.494 e. The number of para-hydroxylation sites is 1. The van der Waals surface area contributed by atoms with Crippen LogP contribution >= 0.6 is 11.8 Å². The SMILES string of the molecule is CCOc1ccccc1CSCC(C)CN. The van der Waals surface area contributed by atoms with E-state index in [4.69, 9.17) is 10.5 Å². The molecule has 0 saturated carbocycles. The third-order valence-electron chi connectivity index (χ3n) is 2.33. The van der Waals surface area contributed by atoms with Crippen molar-refractivity contribution < 1.29 is 4.74 Å². The Kier molecular flexibility index (Phi) is 6.34. The van der Waals surface area contributed by atoms with Gasteiger partial charge in [0.2, 0.25) is 0 Å². The molecule has 0 radical (unpaired) electrons. The number of rotatable bonds is 7. The highest BCUT2D eigenvalue weighted by Crippen LogP contribution is 2.23. The molecule has 0 spiro atoms. The zero-order valence-electron chi connectivity index (χ0n) is 10.1. The second kappa shape index (κ2) is 7.58. The molecule has 0 aromatic heterocycles. The molecular formula is C13H21NOS. The smallest absolute Gasteiger partial charge is 0.123 e. The van der Waals surface area contributed by atoms with Crippen LogP contribution in [-0.2, 0) is 5.75 Å². The Morgan fingerprint density at radius 3 is 2.81 bits per heavy atom. The van der Waals surface area contributed by atoms with Crippen LogP contribution in [0.25, 0.3) is 0 Å². The first-order valence-corrected chi connectivity index (χ1v) is 6.91. The van der Waals surface area contributed by atoms with Crippen LogP contribution in [0.1, 0.15) is 19.4 Å². The summed E-state index contributed by atoms with van der Waals surface area (Å²) in [7, 11) is 0. The van der Waals surface area contributed by atoms with E-state index in [-0.39, 0.29) is 0 Å². The number of hydrogen-bond donors (Lipinski definition) is 1. The van der Waals surface area contributed by atoms with Crippen LogP contribution in [0.2, 0.25) is 0 Å². The Bertz CT molecular complexity index is 304. The lowest BCUT2D eigenvalue weighted by molar-refractivity contribution is 0.337. The van der Waals surface area contributed by atoms with Gasteiger partial charge in [-0.1, -0.05) is 25.1 Å². The molecule has 1 rings (SSSR count). The van der Waals surface area contributed by atoms with Gasteiger partial charge >= 0.3 is 0 Å². The maximum absolute atomic E-state index is 5.59. The Morgan fingerprint density at radius 1 is 1.38 bits per heavy atom. The zero-order chi connectivity index (χ0) is 11.8. The second-order valence-electron chi connectivity index (χ2n) is 3.90. The molecular weight excluding hydrogens is 218 g/mol. The third kappa shape index (κ3) is 4.45. The summed E-state index contributed by atoms with van der Waals surface area (Å²) in [6.45, 7) is 5.68. The standard InChI is InChI=1S/C13H21NOS/c1-3-15-13-7-5-4-6-12(13)10-16-9-11(2)8-14/h4-7,11H,3,8-10,14H2,1-2H3. The highest BCUT2D eigenvalue weighted by molar-refractivity contribution is 7.98. The first-order valence-electron chi connectivity index (χ1n) is 5.76. The van der Waals surface area contributed by atoms with E-state index in [9.17, 15) is 0 Å². The lowest BCUT2D eigenvalue weighted by Gasteiger charge is -2.11. The summed E-state index contributed by atoms with van der Waals surface area (Å²) in [4.78, 5) is 0. The van der Waals surface area contributed by atoms with Crippen molar-refractivity contribution in [2.24, 2.45) is 11.7 Å². The van der Waals surface area contributed by atoms with E-state index in [1.54, 1.807) is 0 Å². The summed E-state index contributed by atoms with van der Waals surface area (Å²) >= 11 is 1.92. The first kappa shape index (κ1) is 13.4. The van der Waals surface area contributed by atoms with Crippen molar-refractivity contribution in [3.05, 3.63) is 29.8 Å². The Labute approximate surface area is 103 Å². The van der Waals surface area contributed by atoms with Gasteiger partial charge in [-0.05, 0) is 31.2 Å². The summed E-state index contributed by atoms with van der Waals surface area (Å²) in [6.07, 6.45) is 0. The quantitative estimate of drug-likeness (QED) is 0.794. The molecule has 90 valence electrons. The first-order chi connectivity index (χ1) is 7.77. The Hall–Kier alpha value is -0.670. The molecule has 0 saturated heterocycles. The molecule has 1 aromatic rings. The van der Waals surface area contributed by atoms with Gasteiger partial charge in [0.15, 0.2) is 0 Å². The van der Waals surface area contributed by atoms with Crippen molar-refractivity contribution in [1.82, 2.24) is 0 Å². The van der Waals surface area contributed by atoms with Gasteiger partial charge in [-0.25, -0.2) is 0 Å². The minimum Gasteiger partial charge on any atom is -0.494 e. The number of hydrogen-bond acceptors (Lipinski definition) is 3. The van der Waals surface area contributed by atoms with Crippen molar-refractivity contribution in [1.29, 1.82) is 0 Å². The van der Waals surface area contributed by atoms with E-state index in [0.29, 0.717) is 5.92 Å². The summed E-state index contributed by atoms with van der Waals surface area (Å²) < 4.78 is 5.58.